The third kappa shape index (κ3) is 3.01. The largest absolute Gasteiger partial charge is 0.467 e. The summed E-state index contributed by atoms with van der Waals surface area (Å²) >= 11 is 0. The van der Waals surface area contributed by atoms with Crippen LogP contribution in [0.4, 0.5) is 11.6 Å². The molecule has 1 aromatic heterocycles. The maximum atomic E-state index is 11.7. The second-order valence-electron chi connectivity index (χ2n) is 4.54. The summed E-state index contributed by atoms with van der Waals surface area (Å²) < 4.78 is 6.23. The number of nitrogens with zero attached hydrogens (tertiary/aromatic N) is 3. The first kappa shape index (κ1) is 14.9. The standard InChI is InChI=1S/C11H18N4O4/c1-6(2)8(11(16)19-5)13-9-10(15(17)18)12-7(3)14(9)4/h6,8,13H,1-5H3. The molecule has 1 atom stereocenters. The third-order valence-corrected chi connectivity index (χ3v) is 2.89. The number of anilines is 1. The fraction of sp³-hybridized carbons (Fsp3) is 0.636. The highest BCUT2D eigenvalue weighted by Crippen LogP contribution is 2.25. The number of ether oxygens (including phenoxy) is 1. The molecule has 8 nitrogen and oxygen atoms in total. The van der Waals surface area contributed by atoms with Gasteiger partial charge >= 0.3 is 11.8 Å². The normalized spacial score (nSPS) is 12.3. The molecule has 8 heteroatoms. The predicted octanol–water partition coefficient (Wildman–Crippen LogP) is 1.25. The summed E-state index contributed by atoms with van der Waals surface area (Å²) in [5.41, 5.74) is 0. The van der Waals surface area contributed by atoms with Gasteiger partial charge < -0.3 is 20.2 Å². The van der Waals surface area contributed by atoms with Crippen molar-refractivity contribution in [2.45, 2.75) is 26.8 Å². The topological polar surface area (TPSA) is 99.3 Å². The molecule has 0 aliphatic rings. The zero-order chi connectivity index (χ0) is 14.7. The maximum Gasteiger partial charge on any atom is 0.406 e. The number of hydrogen-bond acceptors (Lipinski definition) is 6. The van der Waals surface area contributed by atoms with Crippen molar-refractivity contribution in [2.24, 2.45) is 13.0 Å². The van der Waals surface area contributed by atoms with Crippen molar-refractivity contribution in [3.05, 3.63) is 15.9 Å². The molecule has 0 aromatic carbocycles. The quantitative estimate of drug-likeness (QED) is 0.491. The fourth-order valence-corrected chi connectivity index (χ4v) is 1.65. The van der Waals surface area contributed by atoms with Crippen LogP contribution in [0.2, 0.25) is 0 Å². The zero-order valence-corrected chi connectivity index (χ0v) is 11.6. The molecule has 1 unspecified atom stereocenters. The number of carbonyl (C=O) groups is 1. The van der Waals surface area contributed by atoms with Gasteiger partial charge in [0.25, 0.3) is 0 Å². The van der Waals surface area contributed by atoms with Crippen molar-refractivity contribution in [2.75, 3.05) is 12.4 Å². The molecule has 0 amide bonds. The molecule has 19 heavy (non-hydrogen) atoms. The van der Waals surface area contributed by atoms with E-state index in [1.807, 2.05) is 13.8 Å². The lowest BCUT2D eigenvalue weighted by molar-refractivity contribution is -0.388. The average Bonchev–Trinajstić information content (AvgIpc) is 2.62. The van der Waals surface area contributed by atoms with Gasteiger partial charge in [-0.2, -0.15) is 0 Å². The molecule has 1 heterocycles. The van der Waals surface area contributed by atoms with Gasteiger partial charge in [0.1, 0.15) is 6.04 Å². The van der Waals surface area contributed by atoms with Crippen molar-refractivity contribution in [3.8, 4) is 0 Å². The summed E-state index contributed by atoms with van der Waals surface area (Å²) in [4.78, 5) is 25.9. The molecule has 0 saturated heterocycles. The Morgan fingerprint density at radius 2 is 2.11 bits per heavy atom. The number of imidazole rings is 1. The van der Waals surface area contributed by atoms with Crippen LogP contribution in [0, 0.1) is 23.0 Å². The summed E-state index contributed by atoms with van der Waals surface area (Å²) in [7, 11) is 2.93. The minimum atomic E-state index is -0.668. The third-order valence-electron chi connectivity index (χ3n) is 2.89. The predicted molar refractivity (Wildman–Crippen MR) is 68.9 cm³/mol. The van der Waals surface area contributed by atoms with Gasteiger partial charge in [-0.25, -0.2) is 4.79 Å². The lowest BCUT2D eigenvalue weighted by Gasteiger charge is -2.20. The first-order valence-electron chi connectivity index (χ1n) is 5.81. The number of aryl methyl sites for hydroxylation is 1. The van der Waals surface area contributed by atoms with Crippen LogP contribution in [0.1, 0.15) is 19.7 Å². The van der Waals surface area contributed by atoms with Gasteiger partial charge in [-0.05, 0) is 15.8 Å². The number of nitrogens with one attached hydrogen (secondary N) is 1. The van der Waals surface area contributed by atoms with Crippen LogP contribution in [-0.2, 0) is 16.6 Å². The minimum absolute atomic E-state index is 0.0812. The number of nitro groups is 1. The molecule has 0 fully saturated rings. The van der Waals surface area contributed by atoms with E-state index in [4.69, 9.17) is 4.74 Å². The number of esters is 1. The lowest BCUT2D eigenvalue weighted by Crippen LogP contribution is -2.36. The molecule has 1 rings (SSSR count). The van der Waals surface area contributed by atoms with Crippen LogP contribution in [0.3, 0.4) is 0 Å². The van der Waals surface area contributed by atoms with E-state index in [2.05, 4.69) is 10.3 Å². The van der Waals surface area contributed by atoms with Gasteiger partial charge in [0.05, 0.1) is 7.11 Å². The Morgan fingerprint density at radius 3 is 2.53 bits per heavy atom. The summed E-state index contributed by atoms with van der Waals surface area (Å²) in [5, 5.41) is 13.8. The van der Waals surface area contributed by atoms with E-state index in [1.54, 1.807) is 14.0 Å². The lowest BCUT2D eigenvalue weighted by atomic mass is 10.0. The molecule has 0 spiro atoms. The van der Waals surface area contributed by atoms with Gasteiger partial charge in [-0.15, -0.1) is 0 Å². The summed E-state index contributed by atoms with van der Waals surface area (Å²) in [6.07, 6.45) is 0. The molecule has 1 N–H and O–H groups in total. The Balaban J connectivity index is 3.16. The zero-order valence-electron chi connectivity index (χ0n) is 11.6. The number of hydrogen-bond donors (Lipinski definition) is 1. The molecular formula is C11H18N4O4. The highest BCUT2D eigenvalue weighted by molar-refractivity contribution is 5.80. The van der Waals surface area contributed by atoms with Gasteiger partial charge in [0.2, 0.25) is 11.6 Å². The van der Waals surface area contributed by atoms with E-state index in [0.717, 1.165) is 0 Å². The molecule has 0 aliphatic carbocycles. The second-order valence-corrected chi connectivity index (χ2v) is 4.54. The molecule has 1 aromatic rings. The van der Waals surface area contributed by atoms with Crippen LogP contribution in [0.25, 0.3) is 0 Å². The number of carbonyl (C=O) groups excluding carboxylic acids is 1. The molecule has 0 saturated carbocycles. The molecule has 0 radical (unpaired) electrons. The van der Waals surface area contributed by atoms with Crippen LogP contribution < -0.4 is 5.32 Å². The van der Waals surface area contributed by atoms with E-state index in [9.17, 15) is 14.9 Å². The SMILES string of the molecule is COC(=O)C(Nc1c([N+](=O)[O-])nc(C)n1C)C(C)C. The summed E-state index contributed by atoms with van der Waals surface area (Å²) in [6, 6.07) is -0.668. The van der Waals surface area contributed by atoms with Crippen molar-refractivity contribution in [1.82, 2.24) is 9.55 Å². The van der Waals surface area contributed by atoms with E-state index in [-0.39, 0.29) is 17.6 Å². The average molecular weight is 270 g/mol. The van der Waals surface area contributed by atoms with E-state index in [0.29, 0.717) is 5.82 Å². The highest BCUT2D eigenvalue weighted by Gasteiger charge is 2.30. The van der Waals surface area contributed by atoms with Gasteiger partial charge in [0.15, 0.2) is 0 Å². The second kappa shape index (κ2) is 5.68. The smallest absolute Gasteiger partial charge is 0.406 e. The Bertz CT molecular complexity index is 495. The number of rotatable bonds is 5. The highest BCUT2D eigenvalue weighted by atomic mass is 16.6. The Hall–Kier alpha value is -2.12. The Kier molecular flexibility index (Phi) is 4.47. The minimum Gasteiger partial charge on any atom is -0.467 e. The first-order chi connectivity index (χ1) is 8.79. The van der Waals surface area contributed by atoms with Crippen molar-refractivity contribution >= 4 is 17.6 Å². The maximum absolute atomic E-state index is 11.7. The summed E-state index contributed by atoms with van der Waals surface area (Å²) in [5.74, 6) is -0.159. The van der Waals surface area contributed by atoms with E-state index >= 15 is 0 Å². The van der Waals surface area contributed by atoms with Gasteiger partial charge in [-0.3, -0.25) is 4.57 Å². The summed E-state index contributed by atoms with van der Waals surface area (Å²) in [6.45, 7) is 5.30. The van der Waals surface area contributed by atoms with Crippen LogP contribution >= 0.6 is 0 Å². The van der Waals surface area contributed by atoms with Crippen LogP contribution in [0.15, 0.2) is 0 Å². The number of methoxy groups -OCH3 is 1. The van der Waals surface area contributed by atoms with Crippen molar-refractivity contribution in [3.63, 3.8) is 0 Å². The van der Waals surface area contributed by atoms with Crippen molar-refractivity contribution in [1.29, 1.82) is 0 Å². The molecule has 0 aliphatic heterocycles. The Morgan fingerprint density at radius 1 is 1.53 bits per heavy atom. The Labute approximate surface area is 110 Å². The fourth-order valence-electron chi connectivity index (χ4n) is 1.65. The van der Waals surface area contributed by atoms with Crippen molar-refractivity contribution < 1.29 is 14.5 Å². The molecule has 106 valence electrons. The van der Waals surface area contributed by atoms with E-state index in [1.165, 1.54) is 11.7 Å². The monoisotopic (exact) mass is 270 g/mol. The first-order valence-corrected chi connectivity index (χ1v) is 5.81. The van der Waals surface area contributed by atoms with Gasteiger partial charge in [-0.1, -0.05) is 13.8 Å². The van der Waals surface area contributed by atoms with Gasteiger partial charge in [0, 0.05) is 14.0 Å². The molecule has 0 bridgehead atoms. The van der Waals surface area contributed by atoms with E-state index < -0.39 is 16.9 Å². The van der Waals surface area contributed by atoms with Crippen LogP contribution in [0.5, 0.6) is 0 Å². The number of aromatic nitrogens is 2. The molecular weight excluding hydrogens is 252 g/mol. The van der Waals surface area contributed by atoms with Crippen LogP contribution in [-0.4, -0.2) is 33.6 Å².